The summed E-state index contributed by atoms with van der Waals surface area (Å²) in [5, 5.41) is 10.7. The van der Waals surface area contributed by atoms with Crippen LogP contribution in [0.5, 0.6) is 0 Å². The van der Waals surface area contributed by atoms with Crippen molar-refractivity contribution in [1.82, 2.24) is 15.9 Å². The van der Waals surface area contributed by atoms with Crippen molar-refractivity contribution in [2.75, 3.05) is 18.6 Å². The quantitative estimate of drug-likeness (QED) is 0.324. The minimum absolute atomic E-state index is 0.137. The topological polar surface area (TPSA) is 98.7 Å². The molecule has 0 heterocycles. The van der Waals surface area contributed by atoms with Crippen LogP contribution in [0.2, 0.25) is 0 Å². The van der Waals surface area contributed by atoms with E-state index in [-0.39, 0.29) is 29.9 Å². The van der Waals surface area contributed by atoms with Crippen LogP contribution in [0.3, 0.4) is 0 Å². The molecule has 1 aromatic carbocycles. The zero-order chi connectivity index (χ0) is 24.1. The highest BCUT2D eigenvalue weighted by atomic mass is 32.2. The number of nitrogens with zero attached hydrogens (tertiary/aromatic N) is 1. The van der Waals surface area contributed by atoms with Gasteiger partial charge in [0, 0.05) is 6.54 Å². The SMILES string of the molecule is CSCC(=O)N(CC(C)C)NC(=O)[C@H](CC(C)C)[C@H](C/C=C/c1ccccc1)C(=O)NO. The van der Waals surface area contributed by atoms with Crippen LogP contribution >= 0.6 is 11.8 Å². The zero-order valence-electron chi connectivity index (χ0n) is 19.7. The third-order valence-corrected chi connectivity index (χ3v) is 5.39. The van der Waals surface area contributed by atoms with Gasteiger partial charge in [-0.05, 0) is 36.5 Å². The molecular weight excluding hydrogens is 426 g/mol. The molecule has 3 amide bonds. The number of hydroxylamine groups is 1. The molecule has 0 unspecified atom stereocenters. The Morgan fingerprint density at radius 3 is 2.22 bits per heavy atom. The monoisotopic (exact) mass is 463 g/mol. The number of rotatable bonds is 12. The van der Waals surface area contributed by atoms with E-state index in [4.69, 9.17) is 0 Å². The summed E-state index contributed by atoms with van der Waals surface area (Å²) in [6.45, 7) is 8.25. The molecular formula is C24H37N3O4S. The Bertz CT molecular complexity index is 753. The van der Waals surface area contributed by atoms with Gasteiger partial charge < -0.3 is 0 Å². The second-order valence-corrected chi connectivity index (χ2v) is 9.54. The van der Waals surface area contributed by atoms with E-state index in [0.717, 1.165) is 5.56 Å². The second kappa shape index (κ2) is 14.7. The molecule has 178 valence electrons. The summed E-state index contributed by atoms with van der Waals surface area (Å²) in [5.74, 6) is -2.13. The zero-order valence-corrected chi connectivity index (χ0v) is 20.5. The summed E-state index contributed by atoms with van der Waals surface area (Å²) in [6, 6.07) is 9.64. The van der Waals surface area contributed by atoms with Gasteiger partial charge in [0.2, 0.25) is 11.8 Å². The number of carbonyl (C=O) groups is 3. The first kappa shape index (κ1) is 27.7. The van der Waals surface area contributed by atoms with Crippen molar-refractivity contribution in [3.63, 3.8) is 0 Å². The normalized spacial score (nSPS) is 13.2. The predicted molar refractivity (Wildman–Crippen MR) is 130 cm³/mol. The van der Waals surface area contributed by atoms with Gasteiger partial charge >= 0.3 is 0 Å². The van der Waals surface area contributed by atoms with E-state index in [1.165, 1.54) is 16.8 Å². The number of allylic oxidation sites excluding steroid dienone is 1. The molecule has 0 aliphatic carbocycles. The highest BCUT2D eigenvalue weighted by molar-refractivity contribution is 7.99. The van der Waals surface area contributed by atoms with Crippen molar-refractivity contribution in [1.29, 1.82) is 0 Å². The maximum absolute atomic E-state index is 13.3. The van der Waals surface area contributed by atoms with E-state index in [0.29, 0.717) is 13.0 Å². The fourth-order valence-corrected chi connectivity index (χ4v) is 3.81. The van der Waals surface area contributed by atoms with Crippen LogP contribution in [-0.4, -0.2) is 46.5 Å². The van der Waals surface area contributed by atoms with Crippen LogP contribution < -0.4 is 10.9 Å². The number of benzene rings is 1. The van der Waals surface area contributed by atoms with Gasteiger partial charge in [-0.2, -0.15) is 11.8 Å². The molecule has 2 atom stereocenters. The summed E-state index contributed by atoms with van der Waals surface area (Å²) in [6.07, 6.45) is 6.26. The van der Waals surface area contributed by atoms with Gasteiger partial charge in [-0.3, -0.25) is 30.0 Å². The molecule has 0 fully saturated rings. The highest BCUT2D eigenvalue weighted by Gasteiger charge is 2.34. The van der Waals surface area contributed by atoms with Gasteiger partial charge in [-0.1, -0.05) is 70.2 Å². The predicted octanol–water partition coefficient (Wildman–Crippen LogP) is 3.75. The molecule has 0 spiro atoms. The Morgan fingerprint density at radius 2 is 1.69 bits per heavy atom. The van der Waals surface area contributed by atoms with Crippen molar-refractivity contribution < 1.29 is 19.6 Å². The minimum atomic E-state index is -0.779. The van der Waals surface area contributed by atoms with E-state index >= 15 is 0 Å². The number of hydrogen-bond donors (Lipinski definition) is 3. The third kappa shape index (κ3) is 9.87. The number of thioether (sulfide) groups is 1. The number of carbonyl (C=O) groups excluding carboxylic acids is 3. The van der Waals surface area contributed by atoms with Crippen molar-refractivity contribution >= 4 is 35.6 Å². The van der Waals surface area contributed by atoms with Crippen molar-refractivity contribution in [3.05, 3.63) is 42.0 Å². The lowest BCUT2D eigenvalue weighted by Gasteiger charge is -2.30. The lowest BCUT2D eigenvalue weighted by molar-refractivity contribution is -0.146. The van der Waals surface area contributed by atoms with Crippen LogP contribution in [0.15, 0.2) is 36.4 Å². The van der Waals surface area contributed by atoms with E-state index < -0.39 is 23.7 Å². The lowest BCUT2D eigenvalue weighted by atomic mass is 9.82. The maximum atomic E-state index is 13.3. The second-order valence-electron chi connectivity index (χ2n) is 8.67. The van der Waals surface area contributed by atoms with Crippen molar-refractivity contribution in [3.8, 4) is 0 Å². The fraction of sp³-hybridized carbons (Fsp3) is 0.542. The average molecular weight is 464 g/mol. The van der Waals surface area contributed by atoms with Gasteiger partial charge in [0.25, 0.3) is 5.91 Å². The van der Waals surface area contributed by atoms with E-state index in [1.807, 2.05) is 76.4 Å². The first-order chi connectivity index (χ1) is 15.2. The number of amides is 3. The van der Waals surface area contributed by atoms with Gasteiger partial charge in [0.1, 0.15) is 0 Å². The summed E-state index contributed by atoms with van der Waals surface area (Å²) >= 11 is 1.39. The Balaban J connectivity index is 3.10. The summed E-state index contributed by atoms with van der Waals surface area (Å²) < 4.78 is 0. The molecule has 0 aromatic heterocycles. The standard InChI is InChI=1S/C24H37N3O4S/c1-17(2)14-21(23(29)25-27(15-18(3)4)22(28)16-32-5)20(24(30)26-31)13-9-12-19-10-7-6-8-11-19/h6-12,17-18,20-21,31H,13-16H2,1-5H3,(H,25,29)(H,26,30)/b12-9+/t20-,21+/m0/s1. The molecule has 1 rings (SSSR count). The van der Waals surface area contributed by atoms with E-state index in [9.17, 15) is 19.6 Å². The van der Waals surface area contributed by atoms with Gasteiger partial charge in [-0.25, -0.2) is 5.48 Å². The van der Waals surface area contributed by atoms with Crippen molar-refractivity contribution in [2.45, 2.75) is 40.5 Å². The number of nitrogens with one attached hydrogen (secondary N) is 2. The number of hydrazine groups is 1. The Kier molecular flexibility index (Phi) is 12.7. The molecule has 32 heavy (non-hydrogen) atoms. The third-order valence-electron chi connectivity index (χ3n) is 4.86. The van der Waals surface area contributed by atoms with Gasteiger partial charge in [0.15, 0.2) is 0 Å². The fourth-order valence-electron chi connectivity index (χ4n) is 3.41. The van der Waals surface area contributed by atoms with Crippen molar-refractivity contribution in [2.24, 2.45) is 23.7 Å². The van der Waals surface area contributed by atoms with E-state index in [2.05, 4.69) is 5.43 Å². The summed E-state index contributed by atoms with van der Waals surface area (Å²) in [7, 11) is 0. The largest absolute Gasteiger partial charge is 0.289 e. The molecule has 0 saturated heterocycles. The Morgan fingerprint density at radius 1 is 1.03 bits per heavy atom. The molecule has 0 saturated carbocycles. The van der Waals surface area contributed by atoms with Crippen LogP contribution in [0.4, 0.5) is 0 Å². The molecule has 7 nitrogen and oxygen atoms in total. The molecule has 8 heteroatoms. The molecule has 0 radical (unpaired) electrons. The van der Waals surface area contributed by atoms with Crippen LogP contribution in [0.25, 0.3) is 6.08 Å². The lowest BCUT2D eigenvalue weighted by Crippen LogP contribution is -2.52. The molecule has 3 N–H and O–H groups in total. The van der Waals surface area contributed by atoms with E-state index in [1.54, 1.807) is 5.48 Å². The smallest absolute Gasteiger partial charge is 0.250 e. The Labute approximate surface area is 195 Å². The molecule has 1 aromatic rings. The first-order valence-corrected chi connectivity index (χ1v) is 12.3. The van der Waals surface area contributed by atoms with Crippen LogP contribution in [0.1, 0.15) is 46.1 Å². The highest BCUT2D eigenvalue weighted by Crippen LogP contribution is 2.25. The Hall–Kier alpha value is -2.32. The first-order valence-electron chi connectivity index (χ1n) is 10.9. The van der Waals surface area contributed by atoms with Gasteiger partial charge in [-0.15, -0.1) is 0 Å². The minimum Gasteiger partial charge on any atom is -0.289 e. The average Bonchev–Trinajstić information content (AvgIpc) is 2.74. The van der Waals surface area contributed by atoms with Gasteiger partial charge in [0.05, 0.1) is 17.6 Å². The van der Waals surface area contributed by atoms with Crippen LogP contribution in [0, 0.1) is 23.7 Å². The van der Waals surface area contributed by atoms with Crippen LogP contribution in [-0.2, 0) is 14.4 Å². The summed E-state index contributed by atoms with van der Waals surface area (Å²) in [5.41, 5.74) is 5.44. The number of hydrogen-bond acceptors (Lipinski definition) is 5. The molecule has 0 bridgehead atoms. The summed E-state index contributed by atoms with van der Waals surface area (Å²) in [4.78, 5) is 38.3. The molecule has 0 aliphatic heterocycles. The maximum Gasteiger partial charge on any atom is 0.250 e. The molecule has 0 aliphatic rings.